The lowest BCUT2D eigenvalue weighted by molar-refractivity contribution is -0.144. The zero-order chi connectivity index (χ0) is 15.4. The van der Waals surface area contributed by atoms with Gasteiger partial charge >= 0.3 is 12.1 Å². The molecule has 0 fully saturated rings. The van der Waals surface area contributed by atoms with Crippen molar-refractivity contribution in [1.82, 2.24) is 10.3 Å². The number of aromatic nitrogens is 1. The van der Waals surface area contributed by atoms with Crippen LogP contribution in [0.4, 0.5) is 4.79 Å². The molecule has 0 spiro atoms. The number of carbonyl (C=O) groups is 2. The molecule has 1 rings (SSSR count). The van der Waals surface area contributed by atoms with E-state index in [1.807, 2.05) is 0 Å². The highest BCUT2D eigenvalue weighted by Crippen LogP contribution is 2.15. The average Bonchev–Trinajstić information content (AvgIpc) is 2.26. The first kappa shape index (κ1) is 15.9. The smallest absolute Gasteiger partial charge is 0.408 e. The molecule has 1 heterocycles. The first-order valence-electron chi connectivity index (χ1n) is 6.26. The van der Waals surface area contributed by atoms with E-state index in [2.05, 4.69) is 10.3 Å². The van der Waals surface area contributed by atoms with Crippen LogP contribution in [0, 0.1) is 0 Å². The van der Waals surface area contributed by atoms with Crippen molar-refractivity contribution in [3.8, 4) is 0 Å². The van der Waals surface area contributed by atoms with E-state index in [0.29, 0.717) is 0 Å². The predicted molar refractivity (Wildman–Crippen MR) is 73.4 cm³/mol. The molecule has 1 aromatic heterocycles. The van der Waals surface area contributed by atoms with Gasteiger partial charge < -0.3 is 15.2 Å². The fraction of sp³-hybridized carbons (Fsp3) is 0.500. The average molecular weight is 280 g/mol. The Morgan fingerprint density at radius 1 is 1.25 bits per heavy atom. The highest BCUT2D eigenvalue weighted by molar-refractivity contribution is 5.84. The Morgan fingerprint density at radius 2 is 1.80 bits per heavy atom. The van der Waals surface area contributed by atoms with Gasteiger partial charge in [-0.15, -0.1) is 0 Å². The first-order valence-corrected chi connectivity index (χ1v) is 6.26. The van der Waals surface area contributed by atoms with Crippen LogP contribution in [0.25, 0.3) is 0 Å². The summed E-state index contributed by atoms with van der Waals surface area (Å²) in [7, 11) is 0. The van der Waals surface area contributed by atoms with Gasteiger partial charge in [0.05, 0.1) is 0 Å². The summed E-state index contributed by atoms with van der Waals surface area (Å²) in [4.78, 5) is 27.1. The summed E-state index contributed by atoms with van der Waals surface area (Å²) >= 11 is 0. The summed E-state index contributed by atoms with van der Waals surface area (Å²) in [6.45, 7) is 6.59. The highest BCUT2D eigenvalue weighted by Gasteiger charge is 2.36. The van der Waals surface area contributed by atoms with Gasteiger partial charge in [0.2, 0.25) is 0 Å². The predicted octanol–water partition coefficient (Wildman–Crippen LogP) is 1.99. The molecule has 0 aromatic carbocycles. The van der Waals surface area contributed by atoms with Crippen LogP contribution in [0.3, 0.4) is 0 Å². The van der Waals surface area contributed by atoms with Crippen LogP contribution in [0.2, 0.25) is 0 Å². The van der Waals surface area contributed by atoms with Gasteiger partial charge in [0.1, 0.15) is 11.1 Å². The summed E-state index contributed by atoms with van der Waals surface area (Å²) in [5, 5.41) is 11.8. The van der Waals surface area contributed by atoms with Crippen molar-refractivity contribution in [1.29, 1.82) is 0 Å². The number of alkyl carbamates (subject to hydrolysis) is 1. The second-order valence-electron chi connectivity index (χ2n) is 5.80. The fourth-order valence-corrected chi connectivity index (χ4v) is 1.61. The van der Waals surface area contributed by atoms with Crippen LogP contribution in [-0.4, -0.2) is 33.3 Å². The molecule has 0 aliphatic heterocycles. The Bertz CT molecular complexity index is 482. The largest absolute Gasteiger partial charge is 0.480 e. The van der Waals surface area contributed by atoms with Crippen LogP contribution >= 0.6 is 0 Å². The number of ether oxygens (including phenoxy) is 1. The second-order valence-corrected chi connectivity index (χ2v) is 5.80. The van der Waals surface area contributed by atoms with Crippen LogP contribution < -0.4 is 5.32 Å². The minimum atomic E-state index is -1.44. The molecule has 0 aliphatic rings. The van der Waals surface area contributed by atoms with Gasteiger partial charge in [-0.3, -0.25) is 4.98 Å². The van der Waals surface area contributed by atoms with E-state index in [0.717, 1.165) is 5.56 Å². The molecule has 20 heavy (non-hydrogen) atoms. The number of hydrogen-bond acceptors (Lipinski definition) is 4. The molecule has 0 saturated carbocycles. The van der Waals surface area contributed by atoms with Crippen LogP contribution in [-0.2, 0) is 16.0 Å². The molecule has 1 atom stereocenters. The van der Waals surface area contributed by atoms with E-state index in [1.165, 1.54) is 6.92 Å². The van der Waals surface area contributed by atoms with Gasteiger partial charge in [-0.05, 0) is 45.4 Å². The number of nitrogens with one attached hydrogen (secondary N) is 1. The van der Waals surface area contributed by atoms with Crippen molar-refractivity contribution in [2.75, 3.05) is 0 Å². The zero-order valence-corrected chi connectivity index (χ0v) is 12.1. The molecule has 0 bridgehead atoms. The standard InChI is InChI=1S/C14H20N2O4/c1-13(2,3)20-12(19)16-14(4,11(17)18)9-10-5-7-15-8-6-10/h5-8H,9H2,1-4H3,(H,16,19)(H,17,18)/t14-/m1/s1. The van der Waals surface area contributed by atoms with Crippen molar-refractivity contribution < 1.29 is 19.4 Å². The zero-order valence-electron chi connectivity index (χ0n) is 12.1. The number of rotatable bonds is 4. The minimum Gasteiger partial charge on any atom is -0.480 e. The highest BCUT2D eigenvalue weighted by atomic mass is 16.6. The van der Waals surface area contributed by atoms with Crippen molar-refractivity contribution >= 4 is 12.1 Å². The fourth-order valence-electron chi connectivity index (χ4n) is 1.61. The third-order valence-electron chi connectivity index (χ3n) is 2.56. The van der Waals surface area contributed by atoms with Crippen LogP contribution in [0.5, 0.6) is 0 Å². The number of aliphatic carboxylic acids is 1. The third kappa shape index (κ3) is 4.87. The molecule has 1 amide bonds. The monoisotopic (exact) mass is 280 g/mol. The molecule has 6 nitrogen and oxygen atoms in total. The van der Waals surface area contributed by atoms with Gasteiger partial charge in [0.25, 0.3) is 0 Å². The lowest BCUT2D eigenvalue weighted by Crippen LogP contribution is -2.54. The first-order chi connectivity index (χ1) is 9.12. The number of hydrogen-bond donors (Lipinski definition) is 2. The minimum absolute atomic E-state index is 0.143. The molecule has 110 valence electrons. The molecule has 0 radical (unpaired) electrons. The molecular formula is C14H20N2O4. The van der Waals surface area contributed by atoms with Gasteiger partial charge in [-0.1, -0.05) is 0 Å². The Labute approximate surface area is 118 Å². The lowest BCUT2D eigenvalue weighted by atomic mass is 9.93. The summed E-state index contributed by atoms with van der Waals surface area (Å²) in [6.07, 6.45) is 2.54. The summed E-state index contributed by atoms with van der Waals surface area (Å²) in [6, 6.07) is 3.41. The van der Waals surface area contributed by atoms with E-state index in [9.17, 15) is 14.7 Å². The Balaban J connectivity index is 2.82. The molecule has 6 heteroatoms. The van der Waals surface area contributed by atoms with E-state index < -0.39 is 23.2 Å². The van der Waals surface area contributed by atoms with Gasteiger partial charge in [-0.25, -0.2) is 9.59 Å². The number of amides is 1. The maximum Gasteiger partial charge on any atom is 0.408 e. The van der Waals surface area contributed by atoms with E-state index >= 15 is 0 Å². The molecule has 0 unspecified atom stereocenters. The molecular weight excluding hydrogens is 260 g/mol. The second kappa shape index (κ2) is 5.90. The molecule has 0 saturated heterocycles. The van der Waals surface area contributed by atoms with Crippen molar-refractivity contribution in [3.63, 3.8) is 0 Å². The van der Waals surface area contributed by atoms with E-state index in [-0.39, 0.29) is 6.42 Å². The number of pyridine rings is 1. The summed E-state index contributed by atoms with van der Waals surface area (Å²) in [5.41, 5.74) is -1.36. The van der Waals surface area contributed by atoms with Crippen LogP contribution in [0.15, 0.2) is 24.5 Å². The van der Waals surface area contributed by atoms with Gasteiger partial charge in [-0.2, -0.15) is 0 Å². The van der Waals surface area contributed by atoms with E-state index in [1.54, 1.807) is 45.3 Å². The number of carboxylic acid groups (broad SMARTS) is 1. The third-order valence-corrected chi connectivity index (χ3v) is 2.56. The topological polar surface area (TPSA) is 88.5 Å². The van der Waals surface area contributed by atoms with Crippen LogP contribution in [0.1, 0.15) is 33.3 Å². The quantitative estimate of drug-likeness (QED) is 0.880. The number of nitrogens with zero attached hydrogens (tertiary/aromatic N) is 1. The molecule has 1 aromatic rings. The van der Waals surface area contributed by atoms with Crippen molar-refractivity contribution in [3.05, 3.63) is 30.1 Å². The Kier molecular flexibility index (Phi) is 4.70. The Morgan fingerprint density at radius 3 is 2.25 bits per heavy atom. The summed E-state index contributed by atoms with van der Waals surface area (Å²) in [5.74, 6) is -1.12. The maximum atomic E-state index is 11.8. The normalized spacial score (nSPS) is 14.2. The van der Waals surface area contributed by atoms with Crippen molar-refractivity contribution in [2.45, 2.75) is 45.3 Å². The SMILES string of the molecule is CC(C)(C)OC(=O)N[C@](C)(Cc1ccncc1)C(=O)O. The number of carbonyl (C=O) groups excluding carboxylic acids is 1. The number of carboxylic acids is 1. The maximum absolute atomic E-state index is 11.8. The molecule has 0 aliphatic carbocycles. The molecule has 2 N–H and O–H groups in total. The van der Waals surface area contributed by atoms with Gasteiger partial charge in [0.15, 0.2) is 0 Å². The Hall–Kier alpha value is -2.11. The lowest BCUT2D eigenvalue weighted by Gasteiger charge is -2.28. The summed E-state index contributed by atoms with van der Waals surface area (Å²) < 4.78 is 5.10. The van der Waals surface area contributed by atoms with Gasteiger partial charge in [0, 0.05) is 18.8 Å². The van der Waals surface area contributed by atoms with E-state index in [4.69, 9.17) is 4.74 Å². The van der Waals surface area contributed by atoms with Crippen molar-refractivity contribution in [2.24, 2.45) is 0 Å².